The molecule has 2 N–H and O–H groups in total. The van der Waals surface area contributed by atoms with Gasteiger partial charge in [-0.3, -0.25) is 4.79 Å². The number of methoxy groups -OCH3 is 1. The number of benzene rings is 1. The number of ether oxygens (including phenoxy) is 2. The lowest BCUT2D eigenvalue weighted by atomic mass is 9.50. The van der Waals surface area contributed by atoms with E-state index in [1.807, 2.05) is 13.0 Å². The molecule has 0 spiro atoms. The van der Waals surface area contributed by atoms with Crippen LogP contribution in [0.25, 0.3) is 0 Å². The van der Waals surface area contributed by atoms with Gasteiger partial charge in [-0.2, -0.15) is 0 Å². The SMILES string of the molecule is C=C(CCOC(=O)c1c(OC)ccc2c1CB(O)[C@@H](NC(=O)CCC)C2)C(C)(C)C. The lowest BCUT2D eigenvalue weighted by Crippen LogP contribution is -2.51. The maximum Gasteiger partial charge on any atom is 0.342 e. The van der Waals surface area contributed by atoms with Crippen molar-refractivity contribution in [3.8, 4) is 5.75 Å². The summed E-state index contributed by atoms with van der Waals surface area (Å²) in [6.07, 6.45) is 2.47. The van der Waals surface area contributed by atoms with Crippen LogP contribution in [0.15, 0.2) is 24.3 Å². The molecule has 1 aromatic rings. The summed E-state index contributed by atoms with van der Waals surface area (Å²) in [5.74, 6) is -0.485. The lowest BCUT2D eigenvalue weighted by molar-refractivity contribution is -0.121. The molecule has 164 valence electrons. The Bertz CT molecular complexity index is 800. The van der Waals surface area contributed by atoms with Crippen molar-refractivity contribution in [2.75, 3.05) is 13.7 Å². The Balaban J connectivity index is 2.18. The van der Waals surface area contributed by atoms with E-state index in [0.29, 0.717) is 30.6 Å². The van der Waals surface area contributed by atoms with Crippen LogP contribution < -0.4 is 10.1 Å². The fourth-order valence-electron chi connectivity index (χ4n) is 3.58. The summed E-state index contributed by atoms with van der Waals surface area (Å²) < 4.78 is 10.9. The van der Waals surface area contributed by atoms with E-state index in [0.717, 1.165) is 23.1 Å². The minimum Gasteiger partial charge on any atom is -0.496 e. The second-order valence-corrected chi connectivity index (χ2v) is 8.92. The van der Waals surface area contributed by atoms with E-state index in [-0.39, 0.29) is 30.2 Å². The molecule has 1 amide bonds. The third-order valence-electron chi connectivity index (χ3n) is 5.63. The van der Waals surface area contributed by atoms with Crippen LogP contribution in [0.5, 0.6) is 5.75 Å². The van der Waals surface area contributed by atoms with Crippen LogP contribution in [-0.4, -0.2) is 43.5 Å². The first-order chi connectivity index (χ1) is 14.1. The average Bonchev–Trinajstić information content (AvgIpc) is 2.67. The monoisotopic (exact) mass is 415 g/mol. The minimum absolute atomic E-state index is 0.0443. The number of amides is 1. The van der Waals surface area contributed by atoms with Crippen molar-refractivity contribution >= 4 is 18.8 Å². The molecule has 0 bridgehead atoms. The number of hydrogen-bond donors (Lipinski definition) is 2. The Morgan fingerprint density at radius 1 is 1.30 bits per heavy atom. The van der Waals surface area contributed by atoms with Crippen LogP contribution in [0.1, 0.15) is 68.4 Å². The number of hydrogen-bond acceptors (Lipinski definition) is 5. The van der Waals surface area contributed by atoms with Crippen molar-refractivity contribution in [2.24, 2.45) is 5.41 Å². The fourth-order valence-corrected chi connectivity index (χ4v) is 3.58. The quantitative estimate of drug-likeness (QED) is 0.387. The minimum atomic E-state index is -0.780. The Kier molecular flexibility index (Phi) is 8.13. The van der Waals surface area contributed by atoms with Gasteiger partial charge in [-0.15, -0.1) is 0 Å². The van der Waals surface area contributed by atoms with Gasteiger partial charge in [-0.1, -0.05) is 45.9 Å². The Morgan fingerprint density at radius 2 is 2.00 bits per heavy atom. The molecular formula is C23H34BNO5. The molecule has 6 nitrogen and oxygen atoms in total. The molecule has 0 unspecified atom stereocenters. The summed E-state index contributed by atoms with van der Waals surface area (Å²) in [6, 6.07) is 3.63. The molecule has 2 rings (SSSR count). The Labute approximate surface area is 180 Å². The van der Waals surface area contributed by atoms with Gasteiger partial charge >= 0.3 is 12.9 Å². The summed E-state index contributed by atoms with van der Waals surface area (Å²) in [5, 5.41) is 13.5. The Hall–Kier alpha value is -2.28. The number of rotatable bonds is 8. The van der Waals surface area contributed by atoms with Gasteiger partial charge in [0.15, 0.2) is 0 Å². The average molecular weight is 415 g/mol. The molecule has 30 heavy (non-hydrogen) atoms. The number of esters is 1. The molecule has 1 aromatic carbocycles. The van der Waals surface area contributed by atoms with Crippen LogP contribution in [0, 0.1) is 5.41 Å². The first-order valence-corrected chi connectivity index (χ1v) is 10.6. The van der Waals surface area contributed by atoms with Gasteiger partial charge in [0.1, 0.15) is 11.3 Å². The van der Waals surface area contributed by atoms with Crippen molar-refractivity contribution in [3.63, 3.8) is 0 Å². The van der Waals surface area contributed by atoms with E-state index in [4.69, 9.17) is 9.47 Å². The highest BCUT2D eigenvalue weighted by atomic mass is 16.5. The van der Waals surface area contributed by atoms with E-state index in [9.17, 15) is 14.6 Å². The first-order valence-electron chi connectivity index (χ1n) is 10.6. The van der Waals surface area contributed by atoms with E-state index in [1.54, 1.807) is 6.07 Å². The van der Waals surface area contributed by atoms with Gasteiger partial charge in [-0.25, -0.2) is 4.79 Å². The molecule has 1 aliphatic rings. The molecule has 0 aromatic heterocycles. The van der Waals surface area contributed by atoms with Crippen LogP contribution >= 0.6 is 0 Å². The van der Waals surface area contributed by atoms with Crippen LogP contribution in [-0.2, 0) is 22.3 Å². The zero-order chi connectivity index (χ0) is 22.5. The maximum atomic E-state index is 12.9. The highest BCUT2D eigenvalue weighted by molar-refractivity contribution is 6.52. The van der Waals surface area contributed by atoms with Crippen LogP contribution in [0.3, 0.4) is 0 Å². The van der Waals surface area contributed by atoms with E-state index >= 15 is 0 Å². The first kappa shape index (κ1) is 24.0. The van der Waals surface area contributed by atoms with Crippen molar-refractivity contribution in [1.29, 1.82) is 0 Å². The molecule has 1 atom stereocenters. The van der Waals surface area contributed by atoms with Gasteiger partial charge in [-0.05, 0) is 41.8 Å². The second kappa shape index (κ2) is 10.2. The summed E-state index contributed by atoms with van der Waals surface area (Å²) in [4.78, 5) is 24.9. The summed E-state index contributed by atoms with van der Waals surface area (Å²) in [7, 11) is 1.51. The van der Waals surface area contributed by atoms with Crippen molar-refractivity contribution in [1.82, 2.24) is 5.32 Å². The topological polar surface area (TPSA) is 84.9 Å². The third kappa shape index (κ3) is 5.88. The van der Waals surface area contributed by atoms with Crippen molar-refractivity contribution in [2.45, 2.75) is 65.6 Å². The van der Waals surface area contributed by atoms with Gasteiger partial charge in [0, 0.05) is 18.8 Å². The van der Waals surface area contributed by atoms with Crippen molar-refractivity contribution in [3.05, 3.63) is 41.0 Å². The number of fused-ring (bicyclic) bond motifs is 1. The van der Waals surface area contributed by atoms with Crippen molar-refractivity contribution < 1.29 is 24.1 Å². The lowest BCUT2D eigenvalue weighted by Gasteiger charge is -2.29. The molecule has 0 fully saturated rings. The summed E-state index contributed by atoms with van der Waals surface area (Å²) in [5.41, 5.74) is 2.96. The van der Waals surface area contributed by atoms with E-state index in [2.05, 4.69) is 32.7 Å². The highest BCUT2D eigenvalue weighted by Gasteiger charge is 2.35. The maximum absolute atomic E-state index is 12.9. The molecule has 1 heterocycles. The van der Waals surface area contributed by atoms with E-state index < -0.39 is 12.9 Å². The van der Waals surface area contributed by atoms with Gasteiger partial charge in [0.25, 0.3) is 0 Å². The van der Waals surface area contributed by atoms with Gasteiger partial charge < -0.3 is 19.8 Å². The second-order valence-electron chi connectivity index (χ2n) is 8.92. The number of carbonyl (C=O) groups excluding carboxylic acids is 2. The zero-order valence-corrected chi connectivity index (χ0v) is 18.8. The summed E-state index contributed by atoms with van der Waals surface area (Å²) >= 11 is 0. The molecular weight excluding hydrogens is 381 g/mol. The Morgan fingerprint density at radius 3 is 2.60 bits per heavy atom. The molecule has 0 saturated heterocycles. The predicted molar refractivity (Wildman–Crippen MR) is 119 cm³/mol. The highest BCUT2D eigenvalue weighted by Crippen LogP contribution is 2.32. The van der Waals surface area contributed by atoms with Crippen LogP contribution in [0.2, 0.25) is 0 Å². The fraction of sp³-hybridized carbons (Fsp3) is 0.565. The standard InChI is InChI=1S/C23H34BNO5/c1-7-8-20(26)25-19-13-16-9-10-18(29-6)21(17(16)14-24(19)28)22(27)30-12-11-15(2)23(3,4)5/h9-10,19,28H,2,7-8,11-14H2,1,3-6H3,(H,25,26)/t19-/m0/s1. The molecule has 0 radical (unpaired) electrons. The molecule has 0 aliphatic carbocycles. The summed E-state index contributed by atoms with van der Waals surface area (Å²) in [6.45, 7) is 11.7. The van der Waals surface area contributed by atoms with Gasteiger partial charge in [0.05, 0.1) is 13.7 Å². The molecule has 0 saturated carbocycles. The largest absolute Gasteiger partial charge is 0.496 e. The van der Waals surface area contributed by atoms with Crippen LogP contribution in [0.4, 0.5) is 0 Å². The van der Waals surface area contributed by atoms with E-state index in [1.165, 1.54) is 7.11 Å². The predicted octanol–water partition coefficient (Wildman–Crippen LogP) is 3.29. The number of carbonyl (C=O) groups is 2. The number of nitrogens with one attached hydrogen (secondary N) is 1. The van der Waals surface area contributed by atoms with Gasteiger partial charge in [0.2, 0.25) is 5.91 Å². The zero-order valence-electron chi connectivity index (χ0n) is 18.8. The smallest absolute Gasteiger partial charge is 0.342 e. The molecule has 1 aliphatic heterocycles. The molecule has 7 heteroatoms. The normalized spacial score (nSPS) is 15.9. The third-order valence-corrected chi connectivity index (χ3v) is 5.63.